The molecule has 2 aromatic heterocycles. The number of carbonyl (C=O) groups excluding carboxylic acids is 1. The van der Waals surface area contributed by atoms with Gasteiger partial charge in [0.2, 0.25) is 12.1 Å². The summed E-state index contributed by atoms with van der Waals surface area (Å²) >= 11 is 1.55. The standard InChI is InChI=1S/C28H18N6O2S/c29-15-17-10-11-20(22(14-17)19-12-13-37-16-19)27-33-34-28(36-27)32-25-26(35)30-23-9-5-4-8-21(23)24(31-25)18-6-2-1-3-7-18/h1-14,16,25H,(H,30,35)(H,32,34)/t25-/m1/s1. The number of para-hydroxylation sites is 1. The van der Waals surface area contributed by atoms with Crippen LogP contribution in [0.15, 0.2) is 99.0 Å². The minimum atomic E-state index is -1.01. The fraction of sp³-hybridized carbons (Fsp3) is 0.0357. The maximum atomic E-state index is 13.1. The fourth-order valence-corrected chi connectivity index (χ4v) is 4.80. The predicted octanol–water partition coefficient (Wildman–Crippen LogP) is 5.56. The zero-order valence-corrected chi connectivity index (χ0v) is 20.1. The molecule has 0 spiro atoms. The van der Waals surface area contributed by atoms with Crippen molar-refractivity contribution < 1.29 is 9.21 Å². The molecule has 0 saturated heterocycles. The molecule has 8 nitrogen and oxygen atoms in total. The number of aromatic nitrogens is 2. The number of hydrogen-bond donors (Lipinski definition) is 2. The highest BCUT2D eigenvalue weighted by Gasteiger charge is 2.27. The van der Waals surface area contributed by atoms with Crippen LogP contribution in [0, 0.1) is 11.3 Å². The van der Waals surface area contributed by atoms with Crippen molar-refractivity contribution in [1.82, 2.24) is 10.2 Å². The van der Waals surface area contributed by atoms with Crippen LogP contribution in [-0.4, -0.2) is 28.0 Å². The van der Waals surface area contributed by atoms with E-state index in [2.05, 4.69) is 26.9 Å². The number of amides is 1. The van der Waals surface area contributed by atoms with Gasteiger partial charge in [-0.05, 0) is 52.2 Å². The van der Waals surface area contributed by atoms with Gasteiger partial charge in [0.15, 0.2) is 0 Å². The third-order valence-electron chi connectivity index (χ3n) is 5.89. The van der Waals surface area contributed by atoms with Gasteiger partial charge in [-0.3, -0.25) is 4.79 Å². The van der Waals surface area contributed by atoms with E-state index in [0.717, 1.165) is 22.3 Å². The molecule has 0 saturated carbocycles. The smallest absolute Gasteiger partial charge is 0.317 e. The Morgan fingerprint density at radius 3 is 2.57 bits per heavy atom. The van der Waals surface area contributed by atoms with Crippen LogP contribution in [0.2, 0.25) is 0 Å². The Kier molecular flexibility index (Phi) is 5.77. The van der Waals surface area contributed by atoms with Gasteiger partial charge in [0.05, 0.1) is 23.0 Å². The molecule has 0 bridgehead atoms. The first-order chi connectivity index (χ1) is 18.2. The summed E-state index contributed by atoms with van der Waals surface area (Å²) in [6.07, 6.45) is -1.01. The van der Waals surface area contributed by atoms with Crippen LogP contribution >= 0.6 is 11.3 Å². The second-order valence-electron chi connectivity index (χ2n) is 8.22. The lowest BCUT2D eigenvalue weighted by Crippen LogP contribution is -2.32. The van der Waals surface area contributed by atoms with Gasteiger partial charge in [-0.15, -0.1) is 5.10 Å². The number of thiophene rings is 1. The zero-order valence-electron chi connectivity index (χ0n) is 19.3. The van der Waals surface area contributed by atoms with Crippen molar-refractivity contribution in [2.45, 2.75) is 6.17 Å². The van der Waals surface area contributed by atoms with E-state index in [1.54, 1.807) is 29.5 Å². The van der Waals surface area contributed by atoms with Crippen LogP contribution in [0.25, 0.3) is 22.6 Å². The molecule has 0 fully saturated rings. The second kappa shape index (κ2) is 9.53. The molecule has 1 amide bonds. The van der Waals surface area contributed by atoms with Crippen molar-refractivity contribution >= 4 is 34.7 Å². The Balaban J connectivity index is 1.36. The number of nitriles is 1. The molecule has 5 aromatic rings. The number of nitrogens with zero attached hydrogens (tertiary/aromatic N) is 4. The highest BCUT2D eigenvalue weighted by atomic mass is 32.1. The number of fused-ring (bicyclic) bond motifs is 1. The maximum absolute atomic E-state index is 13.1. The van der Waals surface area contributed by atoms with E-state index >= 15 is 0 Å². The van der Waals surface area contributed by atoms with Crippen molar-refractivity contribution in [2.75, 3.05) is 10.6 Å². The van der Waals surface area contributed by atoms with Crippen LogP contribution in [-0.2, 0) is 4.79 Å². The first-order valence-electron chi connectivity index (χ1n) is 11.4. The van der Waals surface area contributed by atoms with E-state index in [-0.39, 0.29) is 17.8 Å². The summed E-state index contributed by atoms with van der Waals surface area (Å²) in [7, 11) is 0. The molecule has 0 unspecified atom stereocenters. The summed E-state index contributed by atoms with van der Waals surface area (Å²) in [5, 5.41) is 27.6. The summed E-state index contributed by atoms with van der Waals surface area (Å²) in [5.74, 6) is -0.0896. The summed E-state index contributed by atoms with van der Waals surface area (Å²) < 4.78 is 5.93. The van der Waals surface area contributed by atoms with Gasteiger partial charge < -0.3 is 15.1 Å². The molecule has 2 N–H and O–H groups in total. The molecule has 0 radical (unpaired) electrons. The number of aliphatic imine (C=N–C) groups is 1. The molecule has 3 heterocycles. The van der Waals surface area contributed by atoms with E-state index in [1.807, 2.05) is 71.4 Å². The molecule has 3 aromatic carbocycles. The number of hydrogen-bond acceptors (Lipinski definition) is 8. The highest BCUT2D eigenvalue weighted by molar-refractivity contribution is 7.08. The van der Waals surface area contributed by atoms with E-state index in [1.165, 1.54) is 0 Å². The molecular formula is C28H18N6O2S. The summed E-state index contributed by atoms with van der Waals surface area (Å²) in [5.41, 5.74) is 6.00. The third-order valence-corrected chi connectivity index (χ3v) is 6.57. The van der Waals surface area contributed by atoms with Crippen LogP contribution in [0.4, 0.5) is 11.7 Å². The molecule has 1 atom stereocenters. The minimum Gasteiger partial charge on any atom is -0.403 e. The summed E-state index contributed by atoms with van der Waals surface area (Å²) in [4.78, 5) is 17.9. The minimum absolute atomic E-state index is 0.0536. The molecule has 6 rings (SSSR count). The quantitative estimate of drug-likeness (QED) is 0.325. The van der Waals surface area contributed by atoms with Crippen molar-refractivity contribution in [2.24, 2.45) is 4.99 Å². The van der Waals surface area contributed by atoms with Crippen LogP contribution < -0.4 is 10.6 Å². The average Bonchev–Trinajstić information content (AvgIpc) is 3.62. The monoisotopic (exact) mass is 502 g/mol. The van der Waals surface area contributed by atoms with E-state index in [4.69, 9.17) is 9.41 Å². The second-order valence-corrected chi connectivity index (χ2v) is 9.00. The Morgan fingerprint density at radius 1 is 0.919 bits per heavy atom. The lowest BCUT2D eigenvalue weighted by atomic mass is 9.99. The molecule has 178 valence electrons. The topological polar surface area (TPSA) is 116 Å². The van der Waals surface area contributed by atoms with E-state index in [0.29, 0.717) is 22.5 Å². The molecule has 37 heavy (non-hydrogen) atoms. The number of nitrogens with one attached hydrogen (secondary N) is 2. The normalized spacial score (nSPS) is 14.6. The van der Waals surface area contributed by atoms with Gasteiger partial charge in [-0.2, -0.15) is 16.6 Å². The number of rotatable bonds is 5. The van der Waals surface area contributed by atoms with Gasteiger partial charge in [-0.25, -0.2) is 4.99 Å². The molecular weight excluding hydrogens is 484 g/mol. The van der Waals surface area contributed by atoms with Gasteiger partial charge in [0.1, 0.15) is 0 Å². The van der Waals surface area contributed by atoms with E-state index < -0.39 is 6.17 Å². The molecule has 0 aliphatic carbocycles. The third kappa shape index (κ3) is 4.37. The first kappa shape index (κ1) is 22.4. The Bertz CT molecular complexity index is 1670. The van der Waals surface area contributed by atoms with Gasteiger partial charge >= 0.3 is 6.01 Å². The first-order valence-corrected chi connectivity index (χ1v) is 12.3. The van der Waals surface area contributed by atoms with Crippen molar-refractivity contribution in [3.63, 3.8) is 0 Å². The number of carbonyl (C=O) groups is 1. The Morgan fingerprint density at radius 2 is 1.76 bits per heavy atom. The van der Waals surface area contributed by atoms with Gasteiger partial charge in [0, 0.05) is 16.7 Å². The Hall–Kier alpha value is -5.07. The van der Waals surface area contributed by atoms with Crippen molar-refractivity contribution in [3.8, 4) is 28.7 Å². The fourth-order valence-electron chi connectivity index (χ4n) is 4.15. The molecule has 1 aliphatic rings. The highest BCUT2D eigenvalue weighted by Crippen LogP contribution is 2.34. The van der Waals surface area contributed by atoms with Crippen molar-refractivity contribution in [1.29, 1.82) is 5.26 Å². The number of benzene rings is 3. The Labute approximate surface area is 216 Å². The SMILES string of the molecule is N#Cc1ccc(-c2nnc(N[C@H]3N=C(c4ccccc4)c4ccccc4NC3=O)o2)c(-c2ccsc2)c1. The summed E-state index contributed by atoms with van der Waals surface area (Å²) in [6.45, 7) is 0. The maximum Gasteiger partial charge on any atom is 0.317 e. The largest absolute Gasteiger partial charge is 0.403 e. The lowest BCUT2D eigenvalue weighted by Gasteiger charge is -2.11. The van der Waals surface area contributed by atoms with Crippen LogP contribution in [0.1, 0.15) is 16.7 Å². The van der Waals surface area contributed by atoms with Crippen LogP contribution in [0.5, 0.6) is 0 Å². The average molecular weight is 503 g/mol. The molecule has 9 heteroatoms. The number of anilines is 2. The zero-order chi connectivity index (χ0) is 25.2. The van der Waals surface area contributed by atoms with Crippen molar-refractivity contribution in [3.05, 3.63) is 106 Å². The number of benzodiazepines with no additional fused rings is 1. The van der Waals surface area contributed by atoms with Gasteiger partial charge in [0.25, 0.3) is 5.91 Å². The predicted molar refractivity (Wildman–Crippen MR) is 142 cm³/mol. The lowest BCUT2D eigenvalue weighted by molar-refractivity contribution is -0.116. The summed E-state index contributed by atoms with van der Waals surface area (Å²) in [6, 6.07) is 26.7. The molecule has 1 aliphatic heterocycles. The van der Waals surface area contributed by atoms with Gasteiger partial charge in [-0.1, -0.05) is 53.6 Å². The van der Waals surface area contributed by atoms with Crippen LogP contribution in [0.3, 0.4) is 0 Å². The van der Waals surface area contributed by atoms with E-state index in [9.17, 15) is 10.1 Å².